The Hall–Kier alpha value is -8.46. The first-order valence-corrected chi connectivity index (χ1v) is 23.6. The van der Waals surface area contributed by atoms with Crippen LogP contribution in [0.5, 0.6) is 0 Å². The third-order valence-corrected chi connectivity index (χ3v) is 16.0. The number of rotatable bonds is 3. The van der Waals surface area contributed by atoms with E-state index in [2.05, 4.69) is 229 Å². The molecule has 4 aromatic heterocycles. The van der Waals surface area contributed by atoms with Gasteiger partial charge in [-0.15, -0.1) is 0 Å². The van der Waals surface area contributed by atoms with E-state index in [4.69, 9.17) is 0 Å². The molecule has 0 saturated carbocycles. The van der Waals surface area contributed by atoms with E-state index in [1.54, 1.807) is 0 Å². The SMILES string of the molecule is CC1(C)c2ccccc2-c2c(-c3c4cccc(-c5ccc6c7ccccc7n7c8ccccc8c5c67)c4cc4c(-c5ccc6c7ccccc7n7c8ccccc8c5c67)cccc34)cccc21. The second-order valence-corrected chi connectivity index (χ2v) is 19.5. The van der Waals surface area contributed by atoms with Crippen LogP contribution >= 0.6 is 0 Å². The second kappa shape index (κ2) is 12.5. The van der Waals surface area contributed by atoms with Crippen molar-refractivity contribution >= 4 is 97.7 Å². The first-order chi connectivity index (χ1) is 33.1. The Bertz CT molecular complexity index is 4410. The Morgan fingerprint density at radius 2 is 0.672 bits per heavy atom. The summed E-state index contributed by atoms with van der Waals surface area (Å²) in [7, 11) is 0. The summed E-state index contributed by atoms with van der Waals surface area (Å²) in [5, 5.41) is 15.4. The van der Waals surface area contributed by atoms with Crippen LogP contribution < -0.4 is 0 Å². The maximum absolute atomic E-state index is 2.54. The van der Waals surface area contributed by atoms with Gasteiger partial charge in [0.1, 0.15) is 0 Å². The van der Waals surface area contributed by atoms with Crippen molar-refractivity contribution in [3.05, 3.63) is 217 Å². The van der Waals surface area contributed by atoms with Crippen LogP contribution in [-0.4, -0.2) is 8.80 Å². The van der Waals surface area contributed by atoms with Crippen LogP contribution in [0.25, 0.3) is 142 Å². The van der Waals surface area contributed by atoms with E-state index < -0.39 is 0 Å². The van der Waals surface area contributed by atoms with Gasteiger partial charge in [-0.3, -0.25) is 0 Å². The fraction of sp³-hybridized carbons (Fsp3) is 0.0462. The summed E-state index contributed by atoms with van der Waals surface area (Å²) >= 11 is 0. The fourth-order valence-corrected chi connectivity index (χ4v) is 13.3. The summed E-state index contributed by atoms with van der Waals surface area (Å²) in [6, 6.07) is 78.2. The minimum atomic E-state index is -0.129. The molecular weight excluding hydrogens is 809 g/mol. The predicted octanol–water partition coefficient (Wildman–Crippen LogP) is 17.6. The molecule has 4 heterocycles. The van der Waals surface area contributed by atoms with Gasteiger partial charge in [-0.2, -0.15) is 0 Å². The molecule has 0 spiro atoms. The van der Waals surface area contributed by atoms with Crippen LogP contribution in [0.4, 0.5) is 0 Å². The maximum atomic E-state index is 2.54. The molecule has 310 valence electrons. The molecule has 11 aromatic carbocycles. The van der Waals surface area contributed by atoms with Crippen molar-refractivity contribution in [2.75, 3.05) is 0 Å². The van der Waals surface area contributed by atoms with Gasteiger partial charge < -0.3 is 8.80 Å². The van der Waals surface area contributed by atoms with Crippen molar-refractivity contribution in [3.63, 3.8) is 0 Å². The van der Waals surface area contributed by atoms with Crippen molar-refractivity contribution in [2.45, 2.75) is 19.3 Å². The lowest BCUT2D eigenvalue weighted by atomic mass is 9.80. The molecule has 0 unspecified atom stereocenters. The zero-order chi connectivity index (χ0) is 43.9. The third kappa shape index (κ3) is 4.33. The van der Waals surface area contributed by atoms with Crippen molar-refractivity contribution in [3.8, 4) is 44.5 Å². The number of hydrogen-bond acceptors (Lipinski definition) is 0. The van der Waals surface area contributed by atoms with Gasteiger partial charge in [-0.1, -0.05) is 190 Å². The number of nitrogens with zero attached hydrogens (tertiary/aromatic N) is 2. The largest absolute Gasteiger partial charge is 0.308 e. The smallest absolute Gasteiger partial charge is 0.0626 e. The van der Waals surface area contributed by atoms with Crippen molar-refractivity contribution in [1.82, 2.24) is 8.80 Å². The Balaban J connectivity index is 1.08. The van der Waals surface area contributed by atoms with Gasteiger partial charge in [0.05, 0.1) is 33.1 Å². The van der Waals surface area contributed by atoms with E-state index in [1.807, 2.05) is 0 Å². The van der Waals surface area contributed by atoms with Crippen LogP contribution in [0, 0.1) is 0 Å². The third-order valence-electron chi connectivity index (χ3n) is 16.0. The summed E-state index contributed by atoms with van der Waals surface area (Å²) in [4.78, 5) is 0. The van der Waals surface area contributed by atoms with Crippen LogP contribution in [0.1, 0.15) is 25.0 Å². The minimum absolute atomic E-state index is 0.129. The lowest BCUT2D eigenvalue weighted by Crippen LogP contribution is -2.14. The quantitative estimate of drug-likeness (QED) is 0.157. The van der Waals surface area contributed by atoms with E-state index in [-0.39, 0.29) is 5.41 Å². The minimum Gasteiger partial charge on any atom is -0.308 e. The topological polar surface area (TPSA) is 8.82 Å². The summed E-state index contributed by atoms with van der Waals surface area (Å²) in [6.07, 6.45) is 0. The van der Waals surface area contributed by atoms with E-state index in [0.717, 1.165) is 0 Å². The van der Waals surface area contributed by atoms with E-state index in [1.165, 1.54) is 153 Å². The first-order valence-electron chi connectivity index (χ1n) is 23.6. The van der Waals surface area contributed by atoms with Crippen LogP contribution in [0.3, 0.4) is 0 Å². The highest BCUT2D eigenvalue weighted by atomic mass is 14.9. The number of aromatic nitrogens is 2. The standard InChI is InChI=1S/C65H40N2/c1-65(2)53-26-8-3-18-47(53)60-50(25-15-27-54(60)65)59-41-23-13-21-37(43-32-34-45-39-16-4-9-28-55(39)66-57-30-11-6-19-48(57)61(43)63(45)66)51(41)36-52-38(22-14-24-42(52)59)44-33-35-46-40-17-5-10-29-56(40)67-58-31-12-7-20-49(58)62(44)64(46)67/h3-36H,1-2H3. The zero-order valence-corrected chi connectivity index (χ0v) is 37.0. The van der Waals surface area contributed by atoms with E-state index >= 15 is 0 Å². The molecule has 0 N–H and O–H groups in total. The molecule has 0 fully saturated rings. The summed E-state index contributed by atoms with van der Waals surface area (Å²) in [6.45, 7) is 4.79. The highest BCUT2D eigenvalue weighted by molar-refractivity contribution is 6.31. The first kappa shape index (κ1) is 35.8. The lowest BCUT2D eigenvalue weighted by molar-refractivity contribution is 0.660. The normalized spacial score (nSPS) is 13.6. The van der Waals surface area contributed by atoms with Gasteiger partial charge in [0.25, 0.3) is 0 Å². The molecule has 15 aromatic rings. The average Bonchev–Trinajstić information content (AvgIpc) is 4.16. The number of fused-ring (bicyclic) bond motifs is 17. The Kier molecular flexibility index (Phi) is 6.66. The molecule has 16 rings (SSSR count). The number of para-hydroxylation sites is 4. The molecule has 0 aliphatic heterocycles. The van der Waals surface area contributed by atoms with Gasteiger partial charge in [-0.05, 0) is 108 Å². The Labute approximate surface area is 385 Å². The predicted molar refractivity (Wildman–Crippen MR) is 285 cm³/mol. The van der Waals surface area contributed by atoms with Crippen LogP contribution in [0.15, 0.2) is 206 Å². The van der Waals surface area contributed by atoms with Gasteiger partial charge in [-0.25, -0.2) is 0 Å². The van der Waals surface area contributed by atoms with E-state index in [0.29, 0.717) is 0 Å². The van der Waals surface area contributed by atoms with Crippen molar-refractivity contribution in [1.29, 1.82) is 0 Å². The molecule has 0 radical (unpaired) electrons. The zero-order valence-electron chi connectivity index (χ0n) is 37.0. The van der Waals surface area contributed by atoms with Gasteiger partial charge in [0, 0.05) is 48.5 Å². The van der Waals surface area contributed by atoms with Gasteiger partial charge >= 0.3 is 0 Å². The molecular formula is C65H40N2. The summed E-state index contributed by atoms with van der Waals surface area (Å²) in [5.41, 5.74) is 20.5. The van der Waals surface area contributed by atoms with Crippen molar-refractivity contribution < 1.29 is 0 Å². The van der Waals surface area contributed by atoms with Crippen LogP contribution in [-0.2, 0) is 5.41 Å². The Morgan fingerprint density at radius 1 is 0.269 bits per heavy atom. The number of benzene rings is 11. The fourth-order valence-electron chi connectivity index (χ4n) is 13.3. The number of hydrogen-bond donors (Lipinski definition) is 0. The monoisotopic (exact) mass is 848 g/mol. The molecule has 1 aliphatic rings. The summed E-state index contributed by atoms with van der Waals surface area (Å²) in [5.74, 6) is 0. The van der Waals surface area contributed by atoms with Crippen molar-refractivity contribution in [2.24, 2.45) is 0 Å². The molecule has 0 saturated heterocycles. The second-order valence-electron chi connectivity index (χ2n) is 19.5. The van der Waals surface area contributed by atoms with Crippen LogP contribution in [0.2, 0.25) is 0 Å². The molecule has 1 aliphatic carbocycles. The molecule has 2 nitrogen and oxygen atoms in total. The lowest BCUT2D eigenvalue weighted by Gasteiger charge is -2.22. The van der Waals surface area contributed by atoms with E-state index in [9.17, 15) is 0 Å². The highest BCUT2D eigenvalue weighted by Crippen LogP contribution is 2.55. The molecule has 0 bridgehead atoms. The molecule has 67 heavy (non-hydrogen) atoms. The highest BCUT2D eigenvalue weighted by Gasteiger charge is 2.37. The molecule has 2 heteroatoms. The Morgan fingerprint density at radius 3 is 1.22 bits per heavy atom. The van der Waals surface area contributed by atoms with Gasteiger partial charge in [0.2, 0.25) is 0 Å². The molecule has 0 amide bonds. The van der Waals surface area contributed by atoms with Gasteiger partial charge in [0.15, 0.2) is 0 Å². The average molecular weight is 849 g/mol. The summed E-state index contributed by atoms with van der Waals surface area (Å²) < 4.78 is 5.01. The molecule has 0 atom stereocenters. The maximum Gasteiger partial charge on any atom is 0.0626 e.